The molecular weight excluding hydrogens is 380 g/mol. The van der Waals surface area contributed by atoms with Crippen LogP contribution in [0.2, 0.25) is 0 Å². The lowest BCUT2D eigenvalue weighted by atomic mass is 10.1. The Kier molecular flexibility index (Phi) is 4.34. The number of nitrogens with zero attached hydrogens (tertiary/aromatic N) is 5. The van der Waals surface area contributed by atoms with E-state index in [1.54, 1.807) is 6.20 Å². The van der Waals surface area contributed by atoms with E-state index in [-0.39, 0.29) is 18.0 Å². The van der Waals surface area contributed by atoms with Crippen LogP contribution >= 0.6 is 0 Å². The van der Waals surface area contributed by atoms with Crippen LogP contribution in [-0.2, 0) is 13.0 Å². The van der Waals surface area contributed by atoms with Gasteiger partial charge in [0.15, 0.2) is 0 Å². The zero-order valence-electron chi connectivity index (χ0n) is 16.7. The van der Waals surface area contributed by atoms with Gasteiger partial charge in [0.05, 0.1) is 23.6 Å². The Morgan fingerprint density at radius 2 is 1.83 bits per heavy atom. The molecule has 1 fully saturated rings. The monoisotopic (exact) mass is 402 g/mol. The number of carbonyl (C=O) groups is 2. The van der Waals surface area contributed by atoms with E-state index in [4.69, 9.17) is 5.73 Å². The number of amides is 2. The smallest absolute Gasteiger partial charge is 0.274 e. The molecule has 3 aromatic rings. The highest BCUT2D eigenvalue weighted by atomic mass is 16.2. The fourth-order valence-corrected chi connectivity index (χ4v) is 4.64. The predicted octanol–water partition coefficient (Wildman–Crippen LogP) is 1.98. The van der Waals surface area contributed by atoms with Crippen LogP contribution in [-0.4, -0.2) is 48.3 Å². The molecule has 8 nitrogen and oxygen atoms in total. The number of imidazole rings is 1. The van der Waals surface area contributed by atoms with Gasteiger partial charge in [-0.1, -0.05) is 30.3 Å². The summed E-state index contributed by atoms with van der Waals surface area (Å²) in [6.07, 6.45) is 5.46. The van der Waals surface area contributed by atoms with Crippen molar-refractivity contribution in [1.82, 2.24) is 24.4 Å². The molecular formula is C22H22N6O2. The van der Waals surface area contributed by atoms with Crippen molar-refractivity contribution in [1.29, 1.82) is 0 Å². The molecule has 2 atom stereocenters. The molecule has 0 aliphatic carbocycles. The van der Waals surface area contributed by atoms with Gasteiger partial charge in [-0.25, -0.2) is 9.97 Å². The quantitative estimate of drug-likeness (QED) is 0.721. The van der Waals surface area contributed by atoms with Crippen LogP contribution in [0.4, 0.5) is 0 Å². The van der Waals surface area contributed by atoms with Gasteiger partial charge in [-0.3, -0.25) is 14.6 Å². The van der Waals surface area contributed by atoms with Crippen LogP contribution in [0.1, 0.15) is 45.2 Å². The maximum Gasteiger partial charge on any atom is 0.274 e. The van der Waals surface area contributed by atoms with Crippen LogP contribution in [0.3, 0.4) is 0 Å². The first-order valence-corrected chi connectivity index (χ1v) is 10.1. The molecule has 4 heterocycles. The summed E-state index contributed by atoms with van der Waals surface area (Å²) in [5.74, 6) is 0.0612. The van der Waals surface area contributed by atoms with E-state index in [2.05, 4.69) is 19.5 Å². The Morgan fingerprint density at radius 3 is 2.53 bits per heavy atom. The van der Waals surface area contributed by atoms with E-state index in [0.29, 0.717) is 24.4 Å². The Hall–Kier alpha value is -3.55. The number of benzene rings is 1. The lowest BCUT2D eigenvalue weighted by molar-refractivity contribution is 0.0659. The molecule has 1 saturated heterocycles. The zero-order chi connectivity index (χ0) is 20.8. The third-order valence-electron chi connectivity index (χ3n) is 6.01. The number of aromatic nitrogens is 4. The summed E-state index contributed by atoms with van der Waals surface area (Å²) in [5.41, 5.74) is 8.81. The summed E-state index contributed by atoms with van der Waals surface area (Å²) >= 11 is 0. The van der Waals surface area contributed by atoms with Crippen molar-refractivity contribution in [3.8, 4) is 11.4 Å². The first-order chi connectivity index (χ1) is 14.5. The predicted molar refractivity (Wildman–Crippen MR) is 110 cm³/mol. The van der Waals surface area contributed by atoms with Gasteiger partial charge in [-0.2, -0.15) is 0 Å². The van der Waals surface area contributed by atoms with Crippen molar-refractivity contribution in [2.45, 2.75) is 44.8 Å². The first-order valence-electron chi connectivity index (χ1n) is 10.1. The van der Waals surface area contributed by atoms with Crippen molar-refractivity contribution in [2.75, 3.05) is 0 Å². The van der Waals surface area contributed by atoms with E-state index in [9.17, 15) is 9.59 Å². The van der Waals surface area contributed by atoms with Gasteiger partial charge in [-0.05, 0) is 19.8 Å². The number of hydrogen-bond donors (Lipinski definition) is 1. The topological polar surface area (TPSA) is 107 Å². The van der Waals surface area contributed by atoms with Gasteiger partial charge in [0.25, 0.3) is 11.8 Å². The lowest BCUT2D eigenvalue weighted by Crippen LogP contribution is -2.42. The maximum atomic E-state index is 13.3. The Labute approximate surface area is 173 Å². The molecule has 2 aliphatic rings. The van der Waals surface area contributed by atoms with Gasteiger partial charge in [0, 0.05) is 30.8 Å². The van der Waals surface area contributed by atoms with Gasteiger partial charge in [0.2, 0.25) is 0 Å². The number of hydrogen-bond acceptors (Lipinski definition) is 5. The molecule has 30 heavy (non-hydrogen) atoms. The summed E-state index contributed by atoms with van der Waals surface area (Å²) in [5, 5.41) is 0. The molecule has 0 radical (unpaired) electrons. The SMILES string of the molecule is Cc1cnc(C(=O)N2C3CCC2Cn2c(-c4ccccc4)nc(C(N)=O)c2C3)cn1. The normalized spacial score (nSPS) is 20.0. The fourth-order valence-electron chi connectivity index (χ4n) is 4.64. The van der Waals surface area contributed by atoms with Crippen LogP contribution < -0.4 is 5.73 Å². The van der Waals surface area contributed by atoms with Crippen LogP contribution in [0, 0.1) is 6.92 Å². The van der Waals surface area contributed by atoms with Crippen LogP contribution in [0.25, 0.3) is 11.4 Å². The zero-order valence-corrected chi connectivity index (χ0v) is 16.7. The second-order valence-electron chi connectivity index (χ2n) is 7.92. The summed E-state index contributed by atoms with van der Waals surface area (Å²) < 4.78 is 2.07. The highest BCUT2D eigenvalue weighted by Gasteiger charge is 2.42. The van der Waals surface area contributed by atoms with Gasteiger partial charge in [-0.15, -0.1) is 0 Å². The summed E-state index contributed by atoms with van der Waals surface area (Å²) in [7, 11) is 0. The number of nitrogens with two attached hydrogens (primary N) is 1. The Morgan fingerprint density at radius 1 is 1.07 bits per heavy atom. The average molecular weight is 402 g/mol. The molecule has 1 aromatic carbocycles. The number of primary amides is 1. The Balaban J connectivity index is 1.56. The van der Waals surface area contributed by atoms with Crippen molar-refractivity contribution in [3.63, 3.8) is 0 Å². The van der Waals surface area contributed by atoms with Crippen molar-refractivity contribution in [3.05, 3.63) is 65.5 Å². The van der Waals surface area contributed by atoms with Gasteiger partial charge >= 0.3 is 0 Å². The summed E-state index contributed by atoms with van der Waals surface area (Å²) in [4.78, 5) is 40.5. The minimum atomic E-state index is -0.541. The second-order valence-corrected chi connectivity index (χ2v) is 7.92. The minimum Gasteiger partial charge on any atom is -0.364 e. The lowest BCUT2D eigenvalue weighted by Gasteiger charge is -2.27. The van der Waals surface area contributed by atoms with E-state index in [1.165, 1.54) is 6.20 Å². The molecule has 0 saturated carbocycles. The molecule has 152 valence electrons. The molecule has 5 rings (SSSR count). The van der Waals surface area contributed by atoms with E-state index < -0.39 is 5.91 Å². The molecule has 2 bridgehead atoms. The molecule has 2 unspecified atom stereocenters. The largest absolute Gasteiger partial charge is 0.364 e. The maximum absolute atomic E-state index is 13.3. The van der Waals surface area contributed by atoms with E-state index >= 15 is 0 Å². The molecule has 8 heteroatoms. The molecule has 2 N–H and O–H groups in total. The number of aryl methyl sites for hydroxylation is 1. The molecule has 0 spiro atoms. The fraction of sp³-hybridized carbons (Fsp3) is 0.318. The molecule has 2 aromatic heterocycles. The second kappa shape index (κ2) is 7.05. The third kappa shape index (κ3) is 2.96. The summed E-state index contributed by atoms with van der Waals surface area (Å²) in [6, 6.07) is 9.73. The van der Waals surface area contributed by atoms with Crippen LogP contribution in [0.15, 0.2) is 42.7 Å². The van der Waals surface area contributed by atoms with Crippen LogP contribution in [0.5, 0.6) is 0 Å². The summed E-state index contributed by atoms with van der Waals surface area (Å²) in [6.45, 7) is 2.41. The van der Waals surface area contributed by atoms with E-state index in [0.717, 1.165) is 35.6 Å². The van der Waals surface area contributed by atoms with Crippen molar-refractivity contribution >= 4 is 11.8 Å². The average Bonchev–Trinajstić information content (AvgIpc) is 3.25. The number of rotatable bonds is 3. The minimum absolute atomic E-state index is 0.00393. The number of fused-ring (bicyclic) bond motifs is 3. The highest BCUT2D eigenvalue weighted by Crippen LogP contribution is 2.36. The molecule has 2 amide bonds. The van der Waals surface area contributed by atoms with Crippen molar-refractivity contribution in [2.24, 2.45) is 5.73 Å². The number of carbonyl (C=O) groups excluding carboxylic acids is 2. The molecule has 2 aliphatic heterocycles. The van der Waals surface area contributed by atoms with E-state index in [1.807, 2.05) is 42.2 Å². The van der Waals surface area contributed by atoms with Crippen molar-refractivity contribution < 1.29 is 9.59 Å². The first kappa shape index (κ1) is 18.5. The van der Waals surface area contributed by atoms with Gasteiger partial charge < -0.3 is 15.2 Å². The van der Waals surface area contributed by atoms with Gasteiger partial charge in [0.1, 0.15) is 17.2 Å². The standard InChI is InChI=1S/C22H22N6O2/c1-13-10-25-17(11-24-13)22(30)28-15-7-8-16(28)12-27-18(9-15)19(20(23)29)26-21(27)14-5-3-2-4-6-14/h2-6,10-11,15-16H,7-9,12H2,1H3,(H2,23,29). The third-order valence-corrected chi connectivity index (χ3v) is 6.01. The Bertz CT molecular complexity index is 1120. The highest BCUT2D eigenvalue weighted by molar-refractivity contribution is 5.94.